The predicted molar refractivity (Wildman–Crippen MR) is 117 cm³/mol. The molecule has 0 spiro atoms. The Morgan fingerprint density at radius 2 is 1.87 bits per heavy atom. The summed E-state index contributed by atoms with van der Waals surface area (Å²) in [5.41, 5.74) is 2.99. The fourth-order valence-electron chi connectivity index (χ4n) is 3.75. The zero-order chi connectivity index (χ0) is 22.1. The van der Waals surface area contributed by atoms with Gasteiger partial charge in [0.2, 0.25) is 0 Å². The van der Waals surface area contributed by atoms with E-state index in [2.05, 4.69) is 0 Å². The SMILES string of the molecule is CCOc1cccc(/C(O)=C2/C(=O)C(=O)N(c3ccc(C)c(C)c3)C2c2ccco2)c1. The number of Topliss-reactive ketones (excluding diaryl/α,β-unsaturated/α-hetero) is 1. The number of ether oxygens (including phenoxy) is 1. The molecule has 1 unspecified atom stereocenters. The van der Waals surface area contributed by atoms with Crippen LogP contribution in [0.15, 0.2) is 70.9 Å². The number of nitrogens with zero attached hydrogens (tertiary/aromatic N) is 1. The van der Waals surface area contributed by atoms with Crippen LogP contribution < -0.4 is 9.64 Å². The van der Waals surface area contributed by atoms with Gasteiger partial charge in [-0.1, -0.05) is 18.2 Å². The van der Waals surface area contributed by atoms with E-state index in [1.807, 2.05) is 32.9 Å². The Kier molecular flexibility index (Phi) is 5.38. The maximum Gasteiger partial charge on any atom is 0.300 e. The van der Waals surface area contributed by atoms with Crippen molar-refractivity contribution in [3.05, 3.63) is 88.9 Å². The lowest BCUT2D eigenvalue weighted by atomic mass is 9.99. The minimum Gasteiger partial charge on any atom is -0.507 e. The van der Waals surface area contributed by atoms with Gasteiger partial charge in [-0.15, -0.1) is 0 Å². The number of hydrogen-bond donors (Lipinski definition) is 1. The largest absolute Gasteiger partial charge is 0.507 e. The van der Waals surface area contributed by atoms with E-state index in [0.29, 0.717) is 29.4 Å². The molecule has 0 saturated carbocycles. The average molecular weight is 417 g/mol. The fourth-order valence-corrected chi connectivity index (χ4v) is 3.75. The summed E-state index contributed by atoms with van der Waals surface area (Å²) in [4.78, 5) is 27.6. The van der Waals surface area contributed by atoms with Gasteiger partial charge in [-0.05, 0) is 68.3 Å². The zero-order valence-corrected chi connectivity index (χ0v) is 17.6. The molecule has 2 heterocycles. The van der Waals surface area contributed by atoms with E-state index < -0.39 is 17.7 Å². The van der Waals surface area contributed by atoms with Crippen molar-refractivity contribution in [2.45, 2.75) is 26.8 Å². The van der Waals surface area contributed by atoms with Gasteiger partial charge in [0, 0.05) is 11.3 Å². The fraction of sp³-hybridized carbons (Fsp3) is 0.200. The number of ketones is 1. The molecule has 1 aromatic heterocycles. The maximum absolute atomic E-state index is 13.1. The summed E-state index contributed by atoms with van der Waals surface area (Å²) in [5, 5.41) is 11.1. The molecule has 158 valence electrons. The van der Waals surface area contributed by atoms with Crippen LogP contribution in [0.5, 0.6) is 5.75 Å². The van der Waals surface area contributed by atoms with Crippen molar-refractivity contribution in [2.75, 3.05) is 11.5 Å². The highest BCUT2D eigenvalue weighted by Crippen LogP contribution is 2.42. The molecule has 0 aliphatic carbocycles. The summed E-state index contributed by atoms with van der Waals surface area (Å²) in [6, 6.07) is 14.8. The normalized spacial score (nSPS) is 17.9. The Balaban J connectivity index is 1.90. The first-order valence-corrected chi connectivity index (χ1v) is 10.1. The van der Waals surface area contributed by atoms with Crippen molar-refractivity contribution < 1.29 is 23.8 Å². The van der Waals surface area contributed by atoms with Gasteiger partial charge in [0.25, 0.3) is 11.7 Å². The summed E-state index contributed by atoms with van der Waals surface area (Å²) in [7, 11) is 0. The van der Waals surface area contributed by atoms with Crippen LogP contribution in [0.2, 0.25) is 0 Å². The molecular formula is C25H23NO5. The number of carbonyl (C=O) groups is 2. The molecule has 1 aliphatic rings. The number of aliphatic hydroxyl groups is 1. The van der Waals surface area contributed by atoms with E-state index in [0.717, 1.165) is 11.1 Å². The molecule has 0 radical (unpaired) electrons. The minimum atomic E-state index is -0.882. The number of carbonyl (C=O) groups excluding carboxylic acids is 2. The lowest BCUT2D eigenvalue weighted by molar-refractivity contribution is -0.132. The van der Waals surface area contributed by atoms with Crippen LogP contribution >= 0.6 is 0 Å². The van der Waals surface area contributed by atoms with Crippen molar-refractivity contribution in [1.82, 2.24) is 0 Å². The second-order valence-corrected chi connectivity index (χ2v) is 7.41. The van der Waals surface area contributed by atoms with Crippen molar-refractivity contribution in [3.8, 4) is 5.75 Å². The topological polar surface area (TPSA) is 80.0 Å². The van der Waals surface area contributed by atoms with E-state index in [9.17, 15) is 14.7 Å². The minimum absolute atomic E-state index is 0.0215. The number of hydrogen-bond acceptors (Lipinski definition) is 5. The molecule has 3 aromatic rings. The Labute approximate surface area is 180 Å². The summed E-state index contributed by atoms with van der Waals surface area (Å²) in [6.45, 7) is 6.24. The lowest BCUT2D eigenvalue weighted by Crippen LogP contribution is -2.29. The molecular weight excluding hydrogens is 394 g/mol. The van der Waals surface area contributed by atoms with Crippen LogP contribution in [0, 0.1) is 13.8 Å². The molecule has 1 saturated heterocycles. The second kappa shape index (κ2) is 8.14. The highest BCUT2D eigenvalue weighted by atomic mass is 16.5. The molecule has 1 aliphatic heterocycles. The molecule has 6 nitrogen and oxygen atoms in total. The van der Waals surface area contributed by atoms with E-state index >= 15 is 0 Å². The second-order valence-electron chi connectivity index (χ2n) is 7.41. The van der Waals surface area contributed by atoms with Gasteiger partial charge in [0.1, 0.15) is 23.3 Å². The Morgan fingerprint density at radius 1 is 1.06 bits per heavy atom. The van der Waals surface area contributed by atoms with Crippen LogP contribution in [-0.2, 0) is 9.59 Å². The number of amides is 1. The highest BCUT2D eigenvalue weighted by Gasteiger charge is 2.48. The third-order valence-corrected chi connectivity index (χ3v) is 5.44. The monoisotopic (exact) mass is 417 g/mol. The van der Waals surface area contributed by atoms with Gasteiger partial charge in [0.15, 0.2) is 0 Å². The van der Waals surface area contributed by atoms with Gasteiger partial charge >= 0.3 is 0 Å². The number of furan rings is 1. The first-order valence-electron chi connectivity index (χ1n) is 10.1. The van der Waals surface area contributed by atoms with Gasteiger partial charge < -0.3 is 14.3 Å². The first kappa shape index (κ1) is 20.5. The number of aliphatic hydroxyl groups excluding tert-OH is 1. The predicted octanol–water partition coefficient (Wildman–Crippen LogP) is 4.92. The molecule has 31 heavy (non-hydrogen) atoms. The van der Waals surface area contributed by atoms with Crippen molar-refractivity contribution in [3.63, 3.8) is 0 Å². The van der Waals surface area contributed by atoms with Gasteiger partial charge in [-0.25, -0.2) is 0 Å². The van der Waals surface area contributed by atoms with Crippen LogP contribution in [0.3, 0.4) is 0 Å². The van der Waals surface area contributed by atoms with E-state index in [-0.39, 0.29) is 11.3 Å². The highest BCUT2D eigenvalue weighted by molar-refractivity contribution is 6.51. The number of benzene rings is 2. The maximum atomic E-state index is 13.1. The van der Waals surface area contributed by atoms with Crippen molar-refractivity contribution in [2.24, 2.45) is 0 Å². The lowest BCUT2D eigenvalue weighted by Gasteiger charge is -2.24. The number of rotatable bonds is 5. The third-order valence-electron chi connectivity index (χ3n) is 5.44. The Hall–Kier alpha value is -3.80. The summed E-state index contributed by atoms with van der Waals surface area (Å²) in [5.74, 6) is -0.803. The van der Waals surface area contributed by atoms with Crippen molar-refractivity contribution >= 4 is 23.1 Å². The number of aryl methyl sites for hydroxylation is 2. The van der Waals surface area contributed by atoms with Crippen LogP contribution in [0.1, 0.15) is 35.4 Å². The smallest absolute Gasteiger partial charge is 0.300 e. The van der Waals surface area contributed by atoms with Crippen LogP contribution in [0.4, 0.5) is 5.69 Å². The summed E-state index contributed by atoms with van der Waals surface area (Å²) >= 11 is 0. The summed E-state index contributed by atoms with van der Waals surface area (Å²) in [6.07, 6.45) is 1.48. The third kappa shape index (κ3) is 3.61. The Morgan fingerprint density at radius 3 is 2.55 bits per heavy atom. The molecule has 6 heteroatoms. The summed E-state index contributed by atoms with van der Waals surface area (Å²) < 4.78 is 11.1. The van der Waals surface area contributed by atoms with Gasteiger partial charge in [-0.2, -0.15) is 0 Å². The van der Waals surface area contributed by atoms with E-state index in [4.69, 9.17) is 9.15 Å². The standard InChI is InChI=1S/C25H23NO5/c1-4-30-19-8-5-7-17(14-19)23(27)21-22(20-9-6-12-31-20)26(25(29)24(21)28)18-11-10-15(2)16(3)13-18/h5-14,22,27H,4H2,1-3H3/b23-21-. The van der Waals surface area contributed by atoms with Crippen LogP contribution in [0.25, 0.3) is 5.76 Å². The number of anilines is 1. The molecule has 1 fully saturated rings. The van der Waals surface area contributed by atoms with E-state index in [1.165, 1.54) is 11.2 Å². The molecule has 1 atom stereocenters. The quantitative estimate of drug-likeness (QED) is 0.362. The van der Waals surface area contributed by atoms with E-state index in [1.54, 1.807) is 42.5 Å². The van der Waals surface area contributed by atoms with Crippen molar-refractivity contribution in [1.29, 1.82) is 0 Å². The van der Waals surface area contributed by atoms with Crippen LogP contribution in [-0.4, -0.2) is 23.4 Å². The molecule has 1 N–H and O–H groups in total. The van der Waals surface area contributed by atoms with Gasteiger partial charge in [-0.3, -0.25) is 14.5 Å². The molecule has 4 rings (SSSR count). The average Bonchev–Trinajstić information content (AvgIpc) is 3.37. The Bertz CT molecular complexity index is 1180. The molecule has 2 aromatic carbocycles. The molecule has 1 amide bonds. The first-order chi connectivity index (χ1) is 14.9. The molecule has 0 bridgehead atoms. The van der Waals surface area contributed by atoms with Gasteiger partial charge in [0.05, 0.1) is 18.4 Å². The zero-order valence-electron chi connectivity index (χ0n) is 17.6.